The molecule has 0 fully saturated rings. The van der Waals surface area contributed by atoms with E-state index in [9.17, 15) is 8.42 Å². The average Bonchev–Trinajstić information content (AvgIpc) is 2.46. The molecular weight excluding hydrogens is 276 g/mol. The van der Waals surface area contributed by atoms with Gasteiger partial charge in [-0.25, -0.2) is 23.1 Å². The van der Waals surface area contributed by atoms with E-state index in [2.05, 4.69) is 26.5 Å². The van der Waals surface area contributed by atoms with Gasteiger partial charge in [-0.2, -0.15) is 0 Å². The molecule has 1 aromatic heterocycles. The smallest absolute Gasteiger partial charge is 0.264 e. The van der Waals surface area contributed by atoms with Crippen molar-refractivity contribution < 1.29 is 8.42 Å². The molecule has 3 N–H and O–H groups in total. The van der Waals surface area contributed by atoms with Crippen molar-refractivity contribution in [2.24, 2.45) is 5.73 Å². The summed E-state index contributed by atoms with van der Waals surface area (Å²) < 4.78 is 26.6. The van der Waals surface area contributed by atoms with E-state index in [0.29, 0.717) is 5.56 Å². The Bertz CT molecular complexity index is 749. The van der Waals surface area contributed by atoms with Crippen molar-refractivity contribution in [3.63, 3.8) is 0 Å². The number of nitrogens with one attached hydrogen (secondary N) is 1. The van der Waals surface area contributed by atoms with Gasteiger partial charge in [0.05, 0.1) is 11.4 Å². The SMILES string of the molecule is NCC#Cc1cccc(S(=O)(=O)Nc2ncccn2)c1. The minimum atomic E-state index is -3.73. The fourth-order valence-corrected chi connectivity index (χ4v) is 2.43. The second-order valence-corrected chi connectivity index (χ2v) is 5.39. The van der Waals surface area contributed by atoms with Gasteiger partial charge in [0, 0.05) is 18.0 Å². The van der Waals surface area contributed by atoms with Gasteiger partial charge < -0.3 is 5.73 Å². The Morgan fingerprint density at radius 1 is 1.20 bits per heavy atom. The number of anilines is 1. The minimum absolute atomic E-state index is 0.0194. The van der Waals surface area contributed by atoms with Gasteiger partial charge in [0.15, 0.2) is 0 Å². The second kappa shape index (κ2) is 6.14. The lowest BCUT2D eigenvalue weighted by Crippen LogP contribution is -2.14. The molecule has 0 unspecified atom stereocenters. The Labute approximate surface area is 117 Å². The van der Waals surface area contributed by atoms with Crippen molar-refractivity contribution in [3.8, 4) is 11.8 Å². The van der Waals surface area contributed by atoms with Gasteiger partial charge in [0.25, 0.3) is 10.0 Å². The first kappa shape index (κ1) is 14.0. The van der Waals surface area contributed by atoms with E-state index >= 15 is 0 Å². The molecule has 0 saturated heterocycles. The molecule has 0 amide bonds. The average molecular weight is 288 g/mol. The normalized spacial score (nSPS) is 10.4. The first-order chi connectivity index (χ1) is 9.62. The molecule has 1 aromatic carbocycles. The highest BCUT2D eigenvalue weighted by Gasteiger charge is 2.15. The zero-order valence-electron chi connectivity index (χ0n) is 10.4. The molecule has 102 valence electrons. The van der Waals surface area contributed by atoms with Gasteiger partial charge in [-0.05, 0) is 24.3 Å². The summed E-state index contributed by atoms with van der Waals surface area (Å²) in [5.41, 5.74) is 5.86. The number of nitrogens with zero attached hydrogens (tertiary/aromatic N) is 2. The monoisotopic (exact) mass is 288 g/mol. The summed E-state index contributed by atoms with van der Waals surface area (Å²) in [5, 5.41) is 0. The number of rotatable bonds is 3. The summed E-state index contributed by atoms with van der Waals surface area (Å²) in [4.78, 5) is 7.72. The lowest BCUT2D eigenvalue weighted by molar-refractivity contribution is 0.601. The molecule has 1 heterocycles. The molecule has 2 rings (SSSR count). The van der Waals surface area contributed by atoms with Crippen molar-refractivity contribution in [3.05, 3.63) is 48.3 Å². The highest BCUT2D eigenvalue weighted by molar-refractivity contribution is 7.92. The molecule has 0 aliphatic heterocycles. The topological polar surface area (TPSA) is 98.0 Å². The van der Waals surface area contributed by atoms with Gasteiger partial charge >= 0.3 is 0 Å². The third kappa shape index (κ3) is 3.54. The van der Waals surface area contributed by atoms with E-state index in [-0.39, 0.29) is 17.4 Å². The third-order valence-electron chi connectivity index (χ3n) is 2.27. The molecule has 0 radical (unpaired) electrons. The number of sulfonamides is 1. The first-order valence-corrected chi connectivity index (χ1v) is 7.19. The van der Waals surface area contributed by atoms with Crippen LogP contribution in [0.3, 0.4) is 0 Å². The molecular formula is C13H12N4O2S. The van der Waals surface area contributed by atoms with Crippen molar-refractivity contribution in [2.75, 3.05) is 11.3 Å². The van der Waals surface area contributed by atoms with Crippen LogP contribution in [-0.2, 0) is 10.0 Å². The Balaban J connectivity index is 2.30. The predicted octanol–water partition coefficient (Wildman–Crippen LogP) is 0.588. The van der Waals surface area contributed by atoms with E-state index in [1.165, 1.54) is 24.5 Å². The van der Waals surface area contributed by atoms with E-state index in [0.717, 1.165) is 0 Å². The maximum atomic E-state index is 12.2. The molecule has 0 saturated carbocycles. The Kier molecular flexibility index (Phi) is 4.30. The van der Waals surface area contributed by atoms with Crippen molar-refractivity contribution in [2.45, 2.75) is 4.90 Å². The maximum absolute atomic E-state index is 12.2. The van der Waals surface area contributed by atoms with Crippen LogP contribution >= 0.6 is 0 Å². The van der Waals surface area contributed by atoms with Crippen LogP contribution < -0.4 is 10.5 Å². The van der Waals surface area contributed by atoms with Gasteiger partial charge in [-0.1, -0.05) is 17.9 Å². The maximum Gasteiger partial charge on any atom is 0.264 e. The summed E-state index contributed by atoms with van der Waals surface area (Å²) in [7, 11) is -3.73. The van der Waals surface area contributed by atoms with Crippen LogP contribution in [0.15, 0.2) is 47.6 Å². The molecule has 6 nitrogen and oxygen atoms in total. The lowest BCUT2D eigenvalue weighted by Gasteiger charge is -2.06. The number of hydrogen-bond acceptors (Lipinski definition) is 5. The number of aromatic nitrogens is 2. The fourth-order valence-electron chi connectivity index (χ4n) is 1.43. The molecule has 0 atom stereocenters. The number of benzene rings is 1. The van der Waals surface area contributed by atoms with E-state index < -0.39 is 10.0 Å². The molecule has 0 spiro atoms. The summed E-state index contributed by atoms with van der Waals surface area (Å²) >= 11 is 0. The predicted molar refractivity (Wildman–Crippen MR) is 75.2 cm³/mol. The summed E-state index contributed by atoms with van der Waals surface area (Å²) in [6.45, 7) is 0.215. The van der Waals surface area contributed by atoms with Crippen LogP contribution in [0.2, 0.25) is 0 Å². The molecule has 0 aliphatic rings. The van der Waals surface area contributed by atoms with Gasteiger partial charge in [0.2, 0.25) is 5.95 Å². The molecule has 7 heteroatoms. The van der Waals surface area contributed by atoms with Crippen LogP contribution in [0.1, 0.15) is 5.56 Å². The minimum Gasteiger partial charge on any atom is -0.320 e. The number of hydrogen-bond donors (Lipinski definition) is 2. The third-order valence-corrected chi connectivity index (χ3v) is 3.60. The van der Waals surface area contributed by atoms with Gasteiger partial charge in [0.1, 0.15) is 0 Å². The second-order valence-electron chi connectivity index (χ2n) is 3.71. The lowest BCUT2D eigenvalue weighted by atomic mass is 10.2. The zero-order chi connectivity index (χ0) is 14.4. The molecule has 20 heavy (non-hydrogen) atoms. The number of nitrogens with two attached hydrogens (primary N) is 1. The Morgan fingerprint density at radius 2 is 1.95 bits per heavy atom. The van der Waals surface area contributed by atoms with E-state index in [4.69, 9.17) is 5.73 Å². The molecule has 0 aliphatic carbocycles. The first-order valence-electron chi connectivity index (χ1n) is 5.71. The van der Waals surface area contributed by atoms with Crippen LogP contribution in [0.4, 0.5) is 5.95 Å². The van der Waals surface area contributed by atoms with E-state index in [1.54, 1.807) is 18.2 Å². The van der Waals surface area contributed by atoms with Crippen LogP contribution in [0, 0.1) is 11.8 Å². The van der Waals surface area contributed by atoms with Crippen molar-refractivity contribution >= 4 is 16.0 Å². The van der Waals surface area contributed by atoms with Crippen LogP contribution in [-0.4, -0.2) is 24.9 Å². The Morgan fingerprint density at radius 3 is 2.65 bits per heavy atom. The molecule has 2 aromatic rings. The largest absolute Gasteiger partial charge is 0.320 e. The summed E-state index contributed by atoms with van der Waals surface area (Å²) in [5.74, 6) is 5.47. The summed E-state index contributed by atoms with van der Waals surface area (Å²) in [6, 6.07) is 7.86. The van der Waals surface area contributed by atoms with Gasteiger partial charge in [-0.3, -0.25) is 0 Å². The van der Waals surface area contributed by atoms with Crippen molar-refractivity contribution in [1.29, 1.82) is 0 Å². The van der Waals surface area contributed by atoms with Crippen LogP contribution in [0.25, 0.3) is 0 Å². The highest BCUT2D eigenvalue weighted by Crippen LogP contribution is 2.14. The highest BCUT2D eigenvalue weighted by atomic mass is 32.2. The summed E-state index contributed by atoms with van der Waals surface area (Å²) in [6.07, 6.45) is 2.90. The standard InChI is InChI=1S/C13H12N4O2S/c14-7-2-5-11-4-1-6-12(10-11)20(18,19)17-13-15-8-3-9-16-13/h1,3-4,6,8-10H,7,14H2,(H,15,16,17). The molecule has 0 bridgehead atoms. The van der Waals surface area contributed by atoms with Gasteiger partial charge in [-0.15, -0.1) is 0 Å². The van der Waals surface area contributed by atoms with E-state index in [1.807, 2.05) is 0 Å². The van der Waals surface area contributed by atoms with Crippen molar-refractivity contribution in [1.82, 2.24) is 9.97 Å². The fraction of sp³-hybridized carbons (Fsp3) is 0.0769. The quantitative estimate of drug-likeness (QED) is 0.805. The zero-order valence-corrected chi connectivity index (χ0v) is 11.3. The Hall–Kier alpha value is -2.43. The van der Waals surface area contributed by atoms with Crippen LogP contribution in [0.5, 0.6) is 0 Å².